The number of hydrogen-bond donors (Lipinski definition) is 1. The van der Waals surface area contributed by atoms with Crippen LogP contribution in [-0.2, 0) is 10.0 Å². The number of sulfonamides is 1. The number of rotatable bonds is 7. The van der Waals surface area contributed by atoms with Crippen molar-refractivity contribution in [2.45, 2.75) is 44.9 Å². The lowest BCUT2D eigenvalue weighted by atomic mass is 10.0. The van der Waals surface area contributed by atoms with Gasteiger partial charge in [-0.25, -0.2) is 8.42 Å². The van der Waals surface area contributed by atoms with Crippen LogP contribution in [0.4, 0.5) is 0 Å². The minimum Gasteiger partial charge on any atom is -0.492 e. The number of nitrogens with one attached hydrogen (secondary N) is 1. The Labute approximate surface area is 179 Å². The summed E-state index contributed by atoms with van der Waals surface area (Å²) in [4.78, 5) is 12.7. The number of carbonyl (C=O) groups is 1. The lowest BCUT2D eigenvalue weighted by Crippen LogP contribution is -2.35. The number of aryl methyl sites for hydroxylation is 3. The highest BCUT2D eigenvalue weighted by Crippen LogP contribution is 2.22. The van der Waals surface area contributed by atoms with Gasteiger partial charge in [0.25, 0.3) is 5.91 Å². The fourth-order valence-corrected chi connectivity index (χ4v) is 5.11. The van der Waals surface area contributed by atoms with Gasteiger partial charge >= 0.3 is 0 Å². The van der Waals surface area contributed by atoms with Crippen molar-refractivity contribution in [3.05, 3.63) is 58.7 Å². The smallest absolute Gasteiger partial charge is 0.251 e. The fourth-order valence-electron chi connectivity index (χ4n) is 3.60. The fraction of sp³-hybridized carbons (Fsp3) is 0.435. The van der Waals surface area contributed by atoms with Crippen LogP contribution in [0.25, 0.3) is 0 Å². The molecular weight excluding hydrogens is 400 g/mol. The van der Waals surface area contributed by atoms with E-state index in [-0.39, 0.29) is 10.8 Å². The lowest BCUT2D eigenvalue weighted by molar-refractivity contribution is 0.0946. The Balaban J connectivity index is 1.51. The van der Waals surface area contributed by atoms with Crippen LogP contribution in [-0.4, -0.2) is 44.9 Å². The average molecular weight is 431 g/mol. The van der Waals surface area contributed by atoms with Crippen molar-refractivity contribution in [2.75, 3.05) is 26.2 Å². The molecule has 1 amide bonds. The highest BCUT2D eigenvalue weighted by Gasteiger charge is 2.25. The molecule has 2 aromatic carbocycles. The van der Waals surface area contributed by atoms with E-state index in [1.54, 1.807) is 28.6 Å². The van der Waals surface area contributed by atoms with Crippen LogP contribution in [0.5, 0.6) is 5.75 Å². The first-order valence-electron chi connectivity index (χ1n) is 10.4. The summed E-state index contributed by atoms with van der Waals surface area (Å²) in [7, 11) is -3.44. The molecule has 0 bridgehead atoms. The van der Waals surface area contributed by atoms with E-state index in [0.29, 0.717) is 37.6 Å². The molecule has 1 heterocycles. The van der Waals surface area contributed by atoms with Crippen molar-refractivity contribution in [1.29, 1.82) is 0 Å². The van der Waals surface area contributed by atoms with Gasteiger partial charge in [-0.1, -0.05) is 12.5 Å². The summed E-state index contributed by atoms with van der Waals surface area (Å²) in [5.74, 6) is 0.450. The zero-order valence-electron chi connectivity index (χ0n) is 17.9. The Hall–Kier alpha value is -2.38. The highest BCUT2D eigenvalue weighted by atomic mass is 32.2. The van der Waals surface area contributed by atoms with Gasteiger partial charge in [-0.05, 0) is 80.6 Å². The second-order valence-electron chi connectivity index (χ2n) is 7.79. The maximum absolute atomic E-state index is 12.7. The Kier molecular flexibility index (Phi) is 7.15. The number of piperidine rings is 1. The zero-order valence-corrected chi connectivity index (χ0v) is 18.7. The number of benzene rings is 2. The summed E-state index contributed by atoms with van der Waals surface area (Å²) in [6, 6.07) is 10.4. The van der Waals surface area contributed by atoms with E-state index in [2.05, 4.69) is 5.32 Å². The minimum atomic E-state index is -3.44. The second-order valence-corrected chi connectivity index (χ2v) is 9.73. The van der Waals surface area contributed by atoms with E-state index in [1.807, 2.05) is 32.9 Å². The number of carbonyl (C=O) groups excluding carboxylic acids is 1. The molecule has 162 valence electrons. The first-order valence-corrected chi connectivity index (χ1v) is 11.8. The normalized spacial score (nSPS) is 15.0. The molecule has 3 rings (SSSR count). The van der Waals surface area contributed by atoms with Crippen LogP contribution < -0.4 is 10.1 Å². The first-order chi connectivity index (χ1) is 14.3. The molecule has 0 atom stereocenters. The number of nitrogens with zero attached hydrogens (tertiary/aromatic N) is 1. The molecule has 0 aromatic heterocycles. The van der Waals surface area contributed by atoms with Gasteiger partial charge in [-0.15, -0.1) is 0 Å². The van der Waals surface area contributed by atoms with Gasteiger partial charge in [0.05, 0.1) is 11.4 Å². The molecular formula is C23H30N2O4S. The van der Waals surface area contributed by atoms with Crippen LogP contribution in [0, 0.1) is 20.8 Å². The van der Waals surface area contributed by atoms with Gasteiger partial charge in [0.1, 0.15) is 12.4 Å². The largest absolute Gasteiger partial charge is 0.492 e. The monoisotopic (exact) mass is 430 g/mol. The van der Waals surface area contributed by atoms with Crippen molar-refractivity contribution < 1.29 is 17.9 Å². The molecule has 1 saturated heterocycles. The maximum Gasteiger partial charge on any atom is 0.251 e. The van der Waals surface area contributed by atoms with E-state index in [9.17, 15) is 13.2 Å². The SMILES string of the molecule is Cc1cc(C)c(C(=O)NCCOc2ccc(S(=O)(=O)N3CCCCC3)cc2)cc1C. The number of hydrogen-bond acceptors (Lipinski definition) is 4. The predicted octanol–water partition coefficient (Wildman–Crippen LogP) is 3.60. The molecule has 7 heteroatoms. The zero-order chi connectivity index (χ0) is 21.7. The van der Waals surface area contributed by atoms with Crippen molar-refractivity contribution in [2.24, 2.45) is 0 Å². The molecule has 1 N–H and O–H groups in total. The first kappa shape index (κ1) is 22.3. The molecule has 1 aliphatic rings. The van der Waals surface area contributed by atoms with Crippen molar-refractivity contribution in [3.63, 3.8) is 0 Å². The van der Waals surface area contributed by atoms with Crippen LogP contribution in [0.15, 0.2) is 41.3 Å². The summed E-state index contributed by atoms with van der Waals surface area (Å²) in [5.41, 5.74) is 3.87. The average Bonchev–Trinajstić information content (AvgIpc) is 2.74. The predicted molar refractivity (Wildman–Crippen MR) is 118 cm³/mol. The lowest BCUT2D eigenvalue weighted by Gasteiger charge is -2.25. The Bertz CT molecular complexity index is 995. The summed E-state index contributed by atoms with van der Waals surface area (Å²) in [5, 5.41) is 2.87. The van der Waals surface area contributed by atoms with Gasteiger partial charge in [-0.2, -0.15) is 4.31 Å². The summed E-state index contributed by atoms with van der Waals surface area (Å²) in [6.07, 6.45) is 2.90. The van der Waals surface area contributed by atoms with Crippen LogP contribution in [0.3, 0.4) is 0 Å². The molecule has 0 spiro atoms. The number of amides is 1. The Morgan fingerprint density at radius 3 is 2.27 bits per heavy atom. The van der Waals surface area contributed by atoms with E-state index < -0.39 is 10.0 Å². The third-order valence-corrected chi connectivity index (χ3v) is 7.43. The van der Waals surface area contributed by atoms with E-state index >= 15 is 0 Å². The Morgan fingerprint density at radius 2 is 1.60 bits per heavy atom. The van der Waals surface area contributed by atoms with Crippen molar-refractivity contribution >= 4 is 15.9 Å². The molecule has 0 saturated carbocycles. The number of ether oxygens (including phenoxy) is 1. The van der Waals surface area contributed by atoms with Gasteiger partial charge in [-0.3, -0.25) is 4.79 Å². The van der Waals surface area contributed by atoms with Gasteiger partial charge in [0.2, 0.25) is 10.0 Å². The molecule has 1 aliphatic heterocycles. The summed E-state index contributed by atoms with van der Waals surface area (Å²) < 4.78 is 32.6. The standard InChI is InChI=1S/C23H30N2O4S/c1-17-15-19(3)22(16-18(17)2)23(26)24-11-14-29-20-7-9-21(10-8-20)30(27,28)25-12-5-4-6-13-25/h7-10,15-16H,4-6,11-14H2,1-3H3,(H,24,26). The van der Waals surface area contributed by atoms with Crippen LogP contribution in [0.2, 0.25) is 0 Å². The van der Waals surface area contributed by atoms with Crippen LogP contribution >= 0.6 is 0 Å². The molecule has 30 heavy (non-hydrogen) atoms. The summed E-state index contributed by atoms with van der Waals surface area (Å²) >= 11 is 0. The molecule has 6 nitrogen and oxygen atoms in total. The quantitative estimate of drug-likeness (QED) is 0.681. The molecule has 0 radical (unpaired) electrons. The third kappa shape index (κ3) is 5.21. The van der Waals surface area contributed by atoms with Gasteiger partial charge < -0.3 is 10.1 Å². The highest BCUT2D eigenvalue weighted by molar-refractivity contribution is 7.89. The topological polar surface area (TPSA) is 75.7 Å². The summed E-state index contributed by atoms with van der Waals surface area (Å²) in [6.45, 7) is 7.77. The molecule has 1 fully saturated rings. The van der Waals surface area contributed by atoms with E-state index in [1.165, 1.54) is 0 Å². The van der Waals surface area contributed by atoms with Gasteiger partial charge in [0, 0.05) is 18.7 Å². The van der Waals surface area contributed by atoms with Crippen LogP contribution in [0.1, 0.15) is 46.3 Å². The minimum absolute atomic E-state index is 0.123. The van der Waals surface area contributed by atoms with E-state index in [4.69, 9.17) is 4.74 Å². The Morgan fingerprint density at radius 1 is 0.967 bits per heavy atom. The van der Waals surface area contributed by atoms with Gasteiger partial charge in [0.15, 0.2) is 0 Å². The maximum atomic E-state index is 12.7. The molecule has 0 unspecified atom stereocenters. The van der Waals surface area contributed by atoms with Crippen molar-refractivity contribution in [3.8, 4) is 5.75 Å². The molecule has 2 aromatic rings. The van der Waals surface area contributed by atoms with E-state index in [0.717, 1.165) is 36.0 Å². The van der Waals surface area contributed by atoms with Crippen molar-refractivity contribution in [1.82, 2.24) is 9.62 Å². The molecule has 0 aliphatic carbocycles. The second kappa shape index (κ2) is 9.62. The third-order valence-electron chi connectivity index (χ3n) is 5.52.